The maximum absolute atomic E-state index is 12.1. The van der Waals surface area contributed by atoms with Crippen LogP contribution in [0.4, 0.5) is 11.5 Å². The number of fused-ring (bicyclic) bond motifs is 2. The van der Waals surface area contributed by atoms with Crippen LogP contribution in [0.5, 0.6) is 5.75 Å². The molecule has 3 aromatic rings. The number of nitrogens with zero attached hydrogens (tertiary/aromatic N) is 2. The maximum atomic E-state index is 12.1. The second kappa shape index (κ2) is 9.45. The summed E-state index contributed by atoms with van der Waals surface area (Å²) < 4.78 is 5.20. The van der Waals surface area contributed by atoms with Gasteiger partial charge in [-0.25, -0.2) is 4.98 Å². The molecule has 7 nitrogen and oxygen atoms in total. The number of pyridine rings is 1. The van der Waals surface area contributed by atoms with Gasteiger partial charge in [0, 0.05) is 47.4 Å². The van der Waals surface area contributed by atoms with Crippen LogP contribution in [0.2, 0.25) is 5.02 Å². The summed E-state index contributed by atoms with van der Waals surface area (Å²) in [5.41, 5.74) is 3.97. The molecule has 1 fully saturated rings. The van der Waals surface area contributed by atoms with Crippen LogP contribution in [-0.2, 0) is 27.6 Å². The van der Waals surface area contributed by atoms with E-state index in [-0.39, 0.29) is 11.9 Å². The molecule has 2 aromatic carbocycles. The molecule has 0 spiro atoms. The number of hydrogen-bond acceptors (Lipinski definition) is 7. The van der Waals surface area contributed by atoms with Crippen LogP contribution in [-0.4, -0.2) is 30.6 Å². The lowest BCUT2D eigenvalue weighted by atomic mass is 9.97. The van der Waals surface area contributed by atoms with Gasteiger partial charge in [0.05, 0.1) is 18.0 Å². The quantitative estimate of drug-likeness (QED) is 0.399. The lowest BCUT2D eigenvalue weighted by Gasteiger charge is -2.32. The Morgan fingerprint density at radius 3 is 2.88 bits per heavy atom. The Morgan fingerprint density at radius 1 is 1.21 bits per heavy atom. The summed E-state index contributed by atoms with van der Waals surface area (Å²) in [5, 5.41) is 5.18. The number of anilines is 2. The molecule has 5 rings (SSSR count). The number of carbonyl (C=O) groups is 1. The van der Waals surface area contributed by atoms with Crippen LogP contribution in [0.3, 0.4) is 0 Å². The lowest BCUT2D eigenvalue weighted by Crippen LogP contribution is -2.37. The monoisotopic (exact) mass is 467 g/mol. The first-order valence-corrected chi connectivity index (χ1v) is 11.7. The molecule has 0 radical (unpaired) electrons. The average Bonchev–Trinajstić information content (AvgIpc) is 3.31. The lowest BCUT2D eigenvalue weighted by molar-refractivity contribution is -0.194. The second-order valence-electron chi connectivity index (χ2n) is 8.34. The van der Waals surface area contributed by atoms with E-state index >= 15 is 0 Å². The molecular formula is C25H26ClN3O4. The molecule has 3 heterocycles. The van der Waals surface area contributed by atoms with E-state index in [0.717, 1.165) is 65.2 Å². The van der Waals surface area contributed by atoms with E-state index < -0.39 is 0 Å². The first kappa shape index (κ1) is 21.8. The number of nitrogens with one attached hydrogen (secondary N) is 1. The van der Waals surface area contributed by atoms with Gasteiger partial charge < -0.3 is 19.8 Å². The fourth-order valence-electron chi connectivity index (χ4n) is 4.36. The third-order valence-corrected chi connectivity index (χ3v) is 6.41. The number of esters is 1. The number of carbonyl (C=O) groups excluding carboxylic acids is 1. The number of aromatic nitrogens is 1. The van der Waals surface area contributed by atoms with Crippen molar-refractivity contribution < 1.29 is 19.3 Å². The van der Waals surface area contributed by atoms with Crippen molar-refractivity contribution >= 4 is 40.0 Å². The summed E-state index contributed by atoms with van der Waals surface area (Å²) in [6.07, 6.45) is 1.53. The van der Waals surface area contributed by atoms with Gasteiger partial charge in [-0.1, -0.05) is 23.7 Å². The van der Waals surface area contributed by atoms with Crippen LogP contribution in [0.15, 0.2) is 42.5 Å². The van der Waals surface area contributed by atoms with E-state index in [1.165, 1.54) is 0 Å². The Hall–Kier alpha value is -3.03. The molecule has 2 aliphatic heterocycles. The molecule has 2 aliphatic rings. The van der Waals surface area contributed by atoms with Gasteiger partial charge in [0.2, 0.25) is 0 Å². The van der Waals surface area contributed by atoms with Crippen molar-refractivity contribution in [3.05, 3.63) is 58.6 Å². The number of rotatable bonds is 6. The van der Waals surface area contributed by atoms with Gasteiger partial charge in [-0.2, -0.15) is 4.89 Å². The summed E-state index contributed by atoms with van der Waals surface area (Å²) >= 11 is 6.29. The zero-order valence-electron chi connectivity index (χ0n) is 18.5. The molecule has 0 bridgehead atoms. The van der Waals surface area contributed by atoms with Crippen molar-refractivity contribution in [2.75, 3.05) is 29.9 Å². The Bertz CT molecular complexity index is 1180. The van der Waals surface area contributed by atoms with Gasteiger partial charge in [-0.3, -0.25) is 4.79 Å². The molecule has 1 aromatic heterocycles. The molecule has 172 valence electrons. The largest absolute Gasteiger partial charge is 0.466 e. The van der Waals surface area contributed by atoms with Crippen molar-refractivity contribution in [3.8, 4) is 5.75 Å². The number of halogens is 1. The zero-order chi connectivity index (χ0) is 22.8. The Kier molecular flexibility index (Phi) is 6.24. The van der Waals surface area contributed by atoms with E-state index in [9.17, 15) is 4.79 Å². The normalized spacial score (nSPS) is 15.9. The second-order valence-corrected chi connectivity index (χ2v) is 8.78. The molecule has 33 heavy (non-hydrogen) atoms. The Labute approximate surface area is 197 Å². The summed E-state index contributed by atoms with van der Waals surface area (Å²) in [7, 11) is 0. The SMILES string of the molecule is CCOC(=O)C1CCN(c2cc(NCc3ccc4c(c3)OOC4)c3cc(Cl)ccc3n2)CC1. The minimum Gasteiger partial charge on any atom is -0.466 e. The van der Waals surface area contributed by atoms with Crippen LogP contribution in [0.25, 0.3) is 10.9 Å². The van der Waals surface area contributed by atoms with Gasteiger partial charge in [0.1, 0.15) is 12.4 Å². The highest BCUT2D eigenvalue weighted by Gasteiger charge is 2.27. The van der Waals surface area contributed by atoms with Crippen LogP contribution in [0.1, 0.15) is 30.9 Å². The third-order valence-electron chi connectivity index (χ3n) is 6.17. The minimum atomic E-state index is -0.0932. The van der Waals surface area contributed by atoms with Crippen molar-refractivity contribution in [1.82, 2.24) is 4.98 Å². The van der Waals surface area contributed by atoms with Crippen molar-refractivity contribution in [2.45, 2.75) is 32.9 Å². The maximum Gasteiger partial charge on any atom is 0.309 e. The summed E-state index contributed by atoms with van der Waals surface area (Å²) in [6.45, 7) is 4.89. The van der Waals surface area contributed by atoms with E-state index in [1.54, 1.807) is 0 Å². The molecule has 1 saturated heterocycles. The van der Waals surface area contributed by atoms with E-state index in [0.29, 0.717) is 24.8 Å². The fraction of sp³-hybridized carbons (Fsp3) is 0.360. The number of hydrogen-bond donors (Lipinski definition) is 1. The smallest absolute Gasteiger partial charge is 0.309 e. The van der Waals surface area contributed by atoms with E-state index in [4.69, 9.17) is 31.1 Å². The number of piperidine rings is 1. The van der Waals surface area contributed by atoms with E-state index in [2.05, 4.69) is 22.3 Å². The molecular weight excluding hydrogens is 442 g/mol. The Balaban J connectivity index is 1.37. The predicted octanol–water partition coefficient (Wildman–Crippen LogP) is 5.10. The number of ether oxygens (including phenoxy) is 1. The molecule has 0 unspecified atom stereocenters. The van der Waals surface area contributed by atoms with Gasteiger partial charge in [0.15, 0.2) is 5.75 Å². The minimum absolute atomic E-state index is 0.0379. The molecule has 0 saturated carbocycles. The van der Waals surface area contributed by atoms with Crippen LogP contribution < -0.4 is 15.1 Å². The highest BCUT2D eigenvalue weighted by Crippen LogP contribution is 2.32. The van der Waals surface area contributed by atoms with Gasteiger partial charge in [-0.15, -0.1) is 0 Å². The van der Waals surface area contributed by atoms with Crippen molar-refractivity contribution in [1.29, 1.82) is 0 Å². The average molecular weight is 468 g/mol. The Morgan fingerprint density at radius 2 is 2.06 bits per heavy atom. The predicted molar refractivity (Wildman–Crippen MR) is 128 cm³/mol. The van der Waals surface area contributed by atoms with Crippen molar-refractivity contribution in [3.63, 3.8) is 0 Å². The standard InChI is InChI=1S/C25H26ClN3O4/c1-2-31-25(30)17-7-9-29(10-8-17)24-13-22(20-12-19(26)5-6-21(20)28-24)27-14-16-3-4-18-15-32-33-23(18)11-16/h3-6,11-13,17H,2,7-10,14-15H2,1H3,(H,27,28). The van der Waals surface area contributed by atoms with Crippen LogP contribution >= 0.6 is 11.6 Å². The number of benzene rings is 2. The third kappa shape index (κ3) is 4.70. The zero-order valence-corrected chi connectivity index (χ0v) is 19.2. The highest BCUT2D eigenvalue weighted by molar-refractivity contribution is 6.31. The van der Waals surface area contributed by atoms with Crippen molar-refractivity contribution in [2.24, 2.45) is 5.92 Å². The summed E-state index contributed by atoms with van der Waals surface area (Å²) in [4.78, 5) is 29.5. The molecule has 0 atom stereocenters. The summed E-state index contributed by atoms with van der Waals surface area (Å²) in [6, 6.07) is 13.9. The first-order valence-electron chi connectivity index (χ1n) is 11.3. The van der Waals surface area contributed by atoms with Crippen LogP contribution in [0, 0.1) is 5.92 Å². The van der Waals surface area contributed by atoms with Gasteiger partial charge in [-0.05, 0) is 49.6 Å². The fourth-order valence-corrected chi connectivity index (χ4v) is 4.53. The molecule has 0 aliphatic carbocycles. The topological polar surface area (TPSA) is 72.9 Å². The summed E-state index contributed by atoms with van der Waals surface area (Å²) in [5.74, 6) is 1.52. The molecule has 8 heteroatoms. The molecule has 1 N–H and O–H groups in total. The van der Waals surface area contributed by atoms with Gasteiger partial charge >= 0.3 is 5.97 Å². The first-order chi connectivity index (χ1) is 16.1. The van der Waals surface area contributed by atoms with E-state index in [1.807, 2.05) is 37.3 Å². The van der Waals surface area contributed by atoms with Gasteiger partial charge in [0.25, 0.3) is 0 Å². The molecule has 0 amide bonds. The highest BCUT2D eigenvalue weighted by atomic mass is 35.5.